The lowest BCUT2D eigenvalue weighted by Gasteiger charge is -2.38. The van der Waals surface area contributed by atoms with Crippen LogP contribution in [0.5, 0.6) is 0 Å². The zero-order chi connectivity index (χ0) is 17.2. The topological polar surface area (TPSA) is 146 Å². The van der Waals surface area contributed by atoms with Crippen LogP contribution in [0.4, 0.5) is 0 Å². The summed E-state index contributed by atoms with van der Waals surface area (Å²) in [7, 11) is 1.47. The molecule has 1 rings (SSSR count). The number of aliphatic hydroxyl groups is 1. The van der Waals surface area contributed by atoms with Crippen molar-refractivity contribution in [2.45, 2.75) is 31.1 Å². The number of primary amides is 1. The lowest BCUT2D eigenvalue weighted by Crippen LogP contribution is -2.57. The largest absolute Gasteiger partial charge is 0.390 e. The third-order valence-corrected chi connectivity index (χ3v) is 3.79. The Bertz CT molecular complexity index is 382. The van der Waals surface area contributed by atoms with Crippen LogP contribution in [-0.2, 0) is 23.8 Å². The fraction of sp³-hybridized carbons (Fsp3) is 0.857. The van der Waals surface area contributed by atoms with Gasteiger partial charge in [-0.25, -0.2) is 0 Å². The van der Waals surface area contributed by atoms with Crippen LogP contribution in [0.2, 0.25) is 0 Å². The normalized spacial score (nSPS) is 27.6. The highest BCUT2D eigenvalue weighted by Crippen LogP contribution is 2.27. The minimum Gasteiger partial charge on any atom is -0.390 e. The van der Waals surface area contributed by atoms with Gasteiger partial charge in [0.05, 0.1) is 44.0 Å². The van der Waals surface area contributed by atoms with Crippen molar-refractivity contribution >= 4 is 11.8 Å². The molecule has 23 heavy (non-hydrogen) atoms. The van der Waals surface area contributed by atoms with Gasteiger partial charge >= 0.3 is 0 Å². The molecule has 9 nitrogen and oxygen atoms in total. The van der Waals surface area contributed by atoms with E-state index in [1.807, 2.05) is 0 Å². The minimum atomic E-state index is -1.08. The molecular formula is C14H27N3O6. The Morgan fingerprint density at radius 1 is 1.22 bits per heavy atom. The summed E-state index contributed by atoms with van der Waals surface area (Å²) in [5.74, 6) is -1.85. The van der Waals surface area contributed by atoms with Crippen LogP contribution >= 0.6 is 0 Å². The van der Waals surface area contributed by atoms with Gasteiger partial charge in [-0.3, -0.25) is 9.59 Å². The van der Waals surface area contributed by atoms with Gasteiger partial charge in [0, 0.05) is 13.7 Å². The molecule has 0 heterocycles. The lowest BCUT2D eigenvalue weighted by atomic mass is 9.80. The molecule has 1 aliphatic carbocycles. The van der Waals surface area contributed by atoms with Crippen molar-refractivity contribution in [3.63, 3.8) is 0 Å². The predicted molar refractivity (Wildman–Crippen MR) is 81.3 cm³/mol. The molecule has 0 spiro atoms. The molecule has 0 radical (unpaired) electrons. The summed E-state index contributed by atoms with van der Waals surface area (Å²) in [4.78, 5) is 23.3. The number of carbonyl (C=O) groups is 2. The molecule has 0 saturated heterocycles. The van der Waals surface area contributed by atoms with Crippen molar-refractivity contribution in [1.82, 2.24) is 5.32 Å². The first-order chi connectivity index (χ1) is 11.0. The molecule has 1 saturated carbocycles. The van der Waals surface area contributed by atoms with Crippen LogP contribution in [-0.4, -0.2) is 75.3 Å². The van der Waals surface area contributed by atoms with E-state index in [1.165, 1.54) is 7.11 Å². The number of nitrogens with two attached hydrogens (primary N) is 2. The summed E-state index contributed by atoms with van der Waals surface area (Å²) in [6, 6.07) is -0.552. The summed E-state index contributed by atoms with van der Waals surface area (Å²) >= 11 is 0. The Morgan fingerprint density at radius 3 is 2.52 bits per heavy atom. The molecule has 0 aromatic carbocycles. The van der Waals surface area contributed by atoms with E-state index in [9.17, 15) is 14.7 Å². The number of carbonyl (C=O) groups excluding carboxylic acids is 2. The van der Waals surface area contributed by atoms with Crippen molar-refractivity contribution in [2.75, 3.05) is 40.1 Å². The fourth-order valence-electron chi connectivity index (χ4n) is 2.65. The molecule has 0 aliphatic heterocycles. The SMILES string of the molecule is COC1CCC(NC(=O)COCCOCCN)C(O)C1C(N)=O. The highest BCUT2D eigenvalue weighted by molar-refractivity contribution is 5.79. The molecule has 0 aromatic heterocycles. The Kier molecular flexibility index (Phi) is 9.03. The maximum absolute atomic E-state index is 11.8. The Balaban J connectivity index is 2.35. The number of rotatable bonds is 10. The van der Waals surface area contributed by atoms with Gasteiger partial charge in [-0.05, 0) is 12.8 Å². The first-order valence-corrected chi connectivity index (χ1v) is 7.66. The summed E-state index contributed by atoms with van der Waals surface area (Å²) < 4.78 is 15.4. The Hall–Kier alpha value is -1.26. The second kappa shape index (κ2) is 10.5. The molecule has 0 bridgehead atoms. The first-order valence-electron chi connectivity index (χ1n) is 7.66. The highest BCUT2D eigenvalue weighted by atomic mass is 16.5. The maximum Gasteiger partial charge on any atom is 0.246 e. The van der Waals surface area contributed by atoms with E-state index in [2.05, 4.69) is 5.32 Å². The predicted octanol–water partition coefficient (Wildman–Crippen LogP) is -2.27. The summed E-state index contributed by atoms with van der Waals surface area (Å²) in [5, 5.41) is 12.9. The van der Waals surface area contributed by atoms with E-state index in [0.717, 1.165) is 0 Å². The second-order valence-corrected chi connectivity index (χ2v) is 5.40. The number of methoxy groups -OCH3 is 1. The van der Waals surface area contributed by atoms with Crippen molar-refractivity contribution in [2.24, 2.45) is 17.4 Å². The van der Waals surface area contributed by atoms with E-state index in [4.69, 9.17) is 25.7 Å². The smallest absolute Gasteiger partial charge is 0.246 e. The monoisotopic (exact) mass is 333 g/mol. The van der Waals surface area contributed by atoms with Crippen LogP contribution in [0.15, 0.2) is 0 Å². The summed E-state index contributed by atoms with van der Waals surface area (Å²) in [5.41, 5.74) is 10.6. The van der Waals surface area contributed by atoms with Gasteiger partial charge in [-0.2, -0.15) is 0 Å². The number of ether oxygens (including phenoxy) is 3. The molecule has 4 atom stereocenters. The van der Waals surface area contributed by atoms with Crippen LogP contribution in [0.25, 0.3) is 0 Å². The van der Waals surface area contributed by atoms with Gasteiger partial charge in [0.25, 0.3) is 0 Å². The Labute approximate surface area is 135 Å². The average molecular weight is 333 g/mol. The molecule has 1 aliphatic rings. The van der Waals surface area contributed by atoms with Gasteiger partial charge in [0.15, 0.2) is 0 Å². The summed E-state index contributed by atoms with van der Waals surface area (Å²) in [6.07, 6.45) is -0.496. The number of nitrogens with one attached hydrogen (secondary N) is 1. The number of amides is 2. The minimum absolute atomic E-state index is 0.149. The van der Waals surface area contributed by atoms with Crippen LogP contribution < -0.4 is 16.8 Å². The average Bonchev–Trinajstić information content (AvgIpc) is 2.52. The molecule has 134 valence electrons. The zero-order valence-electron chi connectivity index (χ0n) is 13.4. The quantitative estimate of drug-likeness (QED) is 0.330. The van der Waals surface area contributed by atoms with Crippen LogP contribution in [0.3, 0.4) is 0 Å². The molecule has 1 fully saturated rings. The number of hydrogen-bond donors (Lipinski definition) is 4. The third kappa shape index (κ3) is 6.40. The van der Waals surface area contributed by atoms with Crippen molar-refractivity contribution in [3.8, 4) is 0 Å². The highest BCUT2D eigenvalue weighted by Gasteiger charge is 2.42. The van der Waals surface area contributed by atoms with Gasteiger partial charge in [-0.1, -0.05) is 0 Å². The van der Waals surface area contributed by atoms with Crippen LogP contribution in [0, 0.1) is 5.92 Å². The van der Waals surface area contributed by atoms with Gasteiger partial charge < -0.3 is 36.1 Å². The molecule has 4 unspecified atom stereocenters. The number of hydrogen-bond acceptors (Lipinski definition) is 7. The Morgan fingerprint density at radius 2 is 1.91 bits per heavy atom. The van der Waals surface area contributed by atoms with Gasteiger partial charge in [0.1, 0.15) is 6.61 Å². The zero-order valence-corrected chi connectivity index (χ0v) is 13.4. The van der Waals surface area contributed by atoms with E-state index in [1.54, 1.807) is 0 Å². The summed E-state index contributed by atoms with van der Waals surface area (Å²) in [6.45, 7) is 1.36. The third-order valence-electron chi connectivity index (χ3n) is 3.79. The van der Waals surface area contributed by atoms with E-state index >= 15 is 0 Å². The lowest BCUT2D eigenvalue weighted by molar-refractivity contribution is -0.141. The molecule has 9 heteroatoms. The molecule has 2 amide bonds. The molecular weight excluding hydrogens is 306 g/mol. The van der Waals surface area contributed by atoms with E-state index in [0.29, 0.717) is 32.6 Å². The van der Waals surface area contributed by atoms with Crippen molar-refractivity contribution < 1.29 is 28.9 Å². The first kappa shape index (κ1) is 19.8. The van der Waals surface area contributed by atoms with Crippen LogP contribution in [0.1, 0.15) is 12.8 Å². The van der Waals surface area contributed by atoms with Gasteiger partial charge in [-0.15, -0.1) is 0 Å². The maximum atomic E-state index is 11.8. The second-order valence-electron chi connectivity index (χ2n) is 5.40. The number of aliphatic hydroxyl groups excluding tert-OH is 1. The molecule has 6 N–H and O–H groups in total. The van der Waals surface area contributed by atoms with Crippen molar-refractivity contribution in [1.29, 1.82) is 0 Å². The fourth-order valence-corrected chi connectivity index (χ4v) is 2.65. The standard InChI is InChI=1S/C14H27N3O6/c1-21-10-3-2-9(13(19)12(10)14(16)20)17-11(18)8-23-7-6-22-5-4-15/h9-10,12-13,19H,2-8,15H2,1H3,(H2,16,20)(H,17,18). The van der Waals surface area contributed by atoms with Gasteiger partial charge in [0.2, 0.25) is 11.8 Å². The van der Waals surface area contributed by atoms with E-state index < -0.39 is 30.1 Å². The van der Waals surface area contributed by atoms with Crippen molar-refractivity contribution in [3.05, 3.63) is 0 Å². The molecule has 0 aromatic rings. The van der Waals surface area contributed by atoms with E-state index in [-0.39, 0.29) is 19.1 Å².